The van der Waals surface area contributed by atoms with Crippen LogP contribution in [0.4, 0.5) is 11.5 Å². The number of hydrogen-bond donors (Lipinski definition) is 1. The predicted molar refractivity (Wildman–Crippen MR) is 77.4 cm³/mol. The molecule has 0 aliphatic heterocycles. The van der Waals surface area contributed by atoms with Gasteiger partial charge in [-0.1, -0.05) is 0 Å². The molecular formula is C12H17BrN4O2. The fourth-order valence-electron chi connectivity index (χ4n) is 2.27. The Kier molecular flexibility index (Phi) is 4.05. The van der Waals surface area contributed by atoms with Crippen LogP contribution in [0.15, 0.2) is 16.7 Å². The number of nitro groups is 1. The standard InChI is InChI=1S/C12H17BrN4O2/c1-16(2)12(4-3-5-12)8-15-11-10(13)6-9(7-14-11)17(18)19/h6-7H,3-5,8H2,1-2H3,(H,14,15). The van der Waals surface area contributed by atoms with Gasteiger partial charge < -0.3 is 10.2 Å². The molecule has 1 aliphatic rings. The second-order valence-electron chi connectivity index (χ2n) is 5.11. The van der Waals surface area contributed by atoms with Crippen molar-refractivity contribution in [3.8, 4) is 0 Å². The quantitative estimate of drug-likeness (QED) is 0.664. The smallest absolute Gasteiger partial charge is 0.288 e. The highest BCUT2D eigenvalue weighted by Gasteiger charge is 2.38. The van der Waals surface area contributed by atoms with Gasteiger partial charge in [0.05, 0.1) is 9.40 Å². The summed E-state index contributed by atoms with van der Waals surface area (Å²) in [7, 11) is 4.16. The molecule has 0 radical (unpaired) electrons. The van der Waals surface area contributed by atoms with E-state index in [-0.39, 0.29) is 11.2 Å². The van der Waals surface area contributed by atoms with Crippen LogP contribution >= 0.6 is 15.9 Å². The number of hydrogen-bond acceptors (Lipinski definition) is 5. The van der Waals surface area contributed by atoms with Gasteiger partial charge in [0.15, 0.2) is 0 Å². The van der Waals surface area contributed by atoms with Crippen LogP contribution in [0.2, 0.25) is 0 Å². The average Bonchev–Trinajstić information content (AvgIpc) is 2.28. The first-order valence-electron chi connectivity index (χ1n) is 6.16. The topological polar surface area (TPSA) is 71.3 Å². The fraction of sp³-hybridized carbons (Fsp3) is 0.583. The van der Waals surface area contributed by atoms with Crippen LogP contribution in [-0.2, 0) is 0 Å². The highest BCUT2D eigenvalue weighted by Crippen LogP contribution is 2.36. The number of rotatable bonds is 5. The summed E-state index contributed by atoms with van der Waals surface area (Å²) in [6, 6.07) is 1.47. The van der Waals surface area contributed by atoms with Gasteiger partial charge in [0, 0.05) is 18.2 Å². The maximum Gasteiger partial charge on any atom is 0.288 e. The summed E-state index contributed by atoms with van der Waals surface area (Å²) in [6.45, 7) is 0.795. The van der Waals surface area contributed by atoms with Gasteiger partial charge in [-0.25, -0.2) is 4.98 Å². The van der Waals surface area contributed by atoms with Gasteiger partial charge in [-0.2, -0.15) is 0 Å². The summed E-state index contributed by atoms with van der Waals surface area (Å²) in [5.74, 6) is 0.652. The minimum atomic E-state index is -0.450. The Morgan fingerprint density at radius 2 is 2.26 bits per heavy atom. The molecule has 1 heterocycles. The number of nitrogens with one attached hydrogen (secondary N) is 1. The first-order valence-corrected chi connectivity index (χ1v) is 6.95. The first-order chi connectivity index (χ1) is 8.94. The molecule has 0 spiro atoms. The second kappa shape index (κ2) is 5.42. The highest BCUT2D eigenvalue weighted by atomic mass is 79.9. The molecule has 104 valence electrons. The Morgan fingerprint density at radius 3 is 2.68 bits per heavy atom. The molecule has 1 aliphatic carbocycles. The van der Waals surface area contributed by atoms with E-state index in [2.05, 4.69) is 45.2 Å². The number of anilines is 1. The SMILES string of the molecule is CN(C)C1(CNc2ncc([N+](=O)[O-])cc2Br)CCC1. The molecule has 0 atom stereocenters. The van der Waals surface area contributed by atoms with E-state index in [0.717, 1.165) is 19.4 Å². The lowest BCUT2D eigenvalue weighted by Crippen LogP contribution is -2.54. The summed E-state index contributed by atoms with van der Waals surface area (Å²) in [5.41, 5.74) is 0.173. The Morgan fingerprint density at radius 1 is 1.58 bits per heavy atom. The molecule has 1 N–H and O–H groups in total. The zero-order valence-corrected chi connectivity index (χ0v) is 12.6. The van der Waals surface area contributed by atoms with E-state index in [9.17, 15) is 10.1 Å². The molecule has 1 aromatic rings. The van der Waals surface area contributed by atoms with Crippen LogP contribution in [0.5, 0.6) is 0 Å². The fourth-order valence-corrected chi connectivity index (χ4v) is 2.75. The van der Waals surface area contributed by atoms with Crippen molar-refractivity contribution in [3.05, 3.63) is 26.9 Å². The van der Waals surface area contributed by atoms with E-state index < -0.39 is 4.92 Å². The van der Waals surface area contributed by atoms with Crippen molar-refractivity contribution in [2.24, 2.45) is 0 Å². The molecule has 0 unspecified atom stereocenters. The molecule has 2 rings (SSSR count). The van der Waals surface area contributed by atoms with E-state index >= 15 is 0 Å². The maximum absolute atomic E-state index is 10.6. The lowest BCUT2D eigenvalue weighted by atomic mass is 9.75. The van der Waals surface area contributed by atoms with Gasteiger partial charge in [-0.3, -0.25) is 10.1 Å². The van der Waals surface area contributed by atoms with Crippen molar-refractivity contribution in [2.45, 2.75) is 24.8 Å². The van der Waals surface area contributed by atoms with Crippen LogP contribution in [0, 0.1) is 10.1 Å². The van der Waals surface area contributed by atoms with Crippen LogP contribution in [0.3, 0.4) is 0 Å². The van der Waals surface area contributed by atoms with Gasteiger partial charge >= 0.3 is 0 Å². The molecule has 0 saturated heterocycles. The number of nitrogens with zero attached hydrogens (tertiary/aromatic N) is 3. The third-order valence-electron chi connectivity index (χ3n) is 3.86. The van der Waals surface area contributed by atoms with Crippen LogP contribution in [0.25, 0.3) is 0 Å². The van der Waals surface area contributed by atoms with Crippen molar-refractivity contribution >= 4 is 27.4 Å². The molecule has 1 fully saturated rings. The van der Waals surface area contributed by atoms with Crippen molar-refractivity contribution < 1.29 is 4.92 Å². The molecule has 6 nitrogen and oxygen atoms in total. The Labute approximate surface area is 120 Å². The molecule has 0 amide bonds. The Balaban J connectivity index is 2.06. The predicted octanol–water partition coefficient (Wildman–Crippen LogP) is 2.65. The molecule has 7 heteroatoms. The van der Waals surface area contributed by atoms with E-state index in [1.54, 1.807) is 0 Å². The molecule has 1 saturated carbocycles. The monoisotopic (exact) mass is 328 g/mol. The summed E-state index contributed by atoms with van der Waals surface area (Å²) >= 11 is 3.32. The average molecular weight is 329 g/mol. The normalized spacial score (nSPS) is 17.1. The Bertz CT molecular complexity index is 489. The van der Waals surface area contributed by atoms with Crippen LogP contribution in [-0.4, -0.2) is 41.0 Å². The second-order valence-corrected chi connectivity index (χ2v) is 5.96. The molecular weight excluding hydrogens is 312 g/mol. The van der Waals surface area contributed by atoms with E-state index in [0.29, 0.717) is 10.3 Å². The third-order valence-corrected chi connectivity index (χ3v) is 4.46. The largest absolute Gasteiger partial charge is 0.367 e. The number of pyridine rings is 1. The zero-order chi connectivity index (χ0) is 14.0. The van der Waals surface area contributed by atoms with E-state index in [1.165, 1.54) is 18.7 Å². The summed E-state index contributed by atoms with van der Waals surface area (Å²) in [4.78, 5) is 16.5. The van der Waals surface area contributed by atoms with Crippen molar-refractivity contribution in [2.75, 3.05) is 26.0 Å². The molecule has 1 aromatic heterocycles. The summed E-state index contributed by atoms with van der Waals surface area (Å²) in [5, 5.41) is 13.9. The van der Waals surface area contributed by atoms with Crippen LogP contribution in [0.1, 0.15) is 19.3 Å². The van der Waals surface area contributed by atoms with Gasteiger partial charge in [-0.15, -0.1) is 0 Å². The summed E-state index contributed by atoms with van der Waals surface area (Å²) < 4.78 is 0.620. The highest BCUT2D eigenvalue weighted by molar-refractivity contribution is 9.10. The molecule has 19 heavy (non-hydrogen) atoms. The summed E-state index contributed by atoms with van der Waals surface area (Å²) in [6.07, 6.45) is 4.85. The first kappa shape index (κ1) is 14.2. The minimum absolute atomic E-state index is 0.0107. The maximum atomic E-state index is 10.6. The number of halogens is 1. The third kappa shape index (κ3) is 2.87. The zero-order valence-electron chi connectivity index (χ0n) is 11.0. The van der Waals surface area contributed by atoms with E-state index in [1.807, 2.05) is 0 Å². The van der Waals surface area contributed by atoms with Gasteiger partial charge in [0.25, 0.3) is 5.69 Å². The molecule has 0 aromatic carbocycles. The van der Waals surface area contributed by atoms with Crippen molar-refractivity contribution in [3.63, 3.8) is 0 Å². The van der Waals surface area contributed by atoms with Gasteiger partial charge in [0.1, 0.15) is 12.0 Å². The lowest BCUT2D eigenvalue weighted by molar-refractivity contribution is -0.385. The van der Waals surface area contributed by atoms with Gasteiger partial charge in [-0.05, 0) is 49.3 Å². The number of aromatic nitrogens is 1. The van der Waals surface area contributed by atoms with Crippen LogP contribution < -0.4 is 5.32 Å². The van der Waals surface area contributed by atoms with Crippen molar-refractivity contribution in [1.29, 1.82) is 0 Å². The lowest BCUT2D eigenvalue weighted by Gasteiger charge is -2.47. The Hall–Kier alpha value is -1.21. The molecule has 0 bridgehead atoms. The van der Waals surface area contributed by atoms with Gasteiger partial charge in [0.2, 0.25) is 0 Å². The minimum Gasteiger partial charge on any atom is -0.367 e. The van der Waals surface area contributed by atoms with Crippen molar-refractivity contribution in [1.82, 2.24) is 9.88 Å². The van der Waals surface area contributed by atoms with E-state index in [4.69, 9.17) is 0 Å². The number of likely N-dealkylation sites (N-methyl/N-ethyl adjacent to an activating group) is 1.